The average molecular weight is 217 g/mol. The minimum absolute atomic E-state index is 0.382. The van der Waals surface area contributed by atoms with Crippen LogP contribution >= 0.6 is 11.6 Å². The zero-order chi connectivity index (χ0) is 10.8. The highest BCUT2D eigenvalue weighted by atomic mass is 35.5. The van der Waals surface area contributed by atoms with E-state index < -0.39 is 0 Å². The first kappa shape index (κ1) is 13.7. The smallest absolute Gasteiger partial charge is 0.0638 e. The van der Waals surface area contributed by atoms with Gasteiger partial charge < -0.3 is 4.90 Å². The molecule has 0 saturated carbocycles. The van der Waals surface area contributed by atoms with Gasteiger partial charge in [0.1, 0.15) is 0 Å². The van der Waals surface area contributed by atoms with E-state index in [9.17, 15) is 0 Å². The van der Waals surface area contributed by atoms with Crippen molar-refractivity contribution >= 4 is 11.6 Å². The van der Waals surface area contributed by atoms with Crippen LogP contribution in [0.5, 0.6) is 0 Å². The molecule has 0 aromatic rings. The second kappa shape index (κ2) is 9.30. The summed E-state index contributed by atoms with van der Waals surface area (Å²) in [4.78, 5) is 2.25. The Bertz CT molecular complexity index is 165. The summed E-state index contributed by atoms with van der Waals surface area (Å²) >= 11 is 5.59. The molecule has 0 aliphatic carbocycles. The van der Waals surface area contributed by atoms with Gasteiger partial charge in [0.2, 0.25) is 0 Å². The Morgan fingerprint density at radius 3 is 2.50 bits per heavy atom. The van der Waals surface area contributed by atoms with Gasteiger partial charge in [0.15, 0.2) is 0 Å². The first-order chi connectivity index (χ1) is 6.72. The van der Waals surface area contributed by atoms with Gasteiger partial charge in [0.25, 0.3) is 0 Å². The Labute approximate surface area is 92.8 Å². The van der Waals surface area contributed by atoms with Gasteiger partial charge >= 0.3 is 0 Å². The average Bonchev–Trinajstić information content (AvgIpc) is 2.17. The fourth-order valence-corrected chi connectivity index (χ4v) is 1.51. The van der Waals surface area contributed by atoms with Crippen LogP contribution in [0.1, 0.15) is 39.0 Å². The van der Waals surface area contributed by atoms with Crippen LogP contribution in [0.3, 0.4) is 0 Å². The predicted octanol–water partition coefficient (Wildman–Crippen LogP) is 3.02. The maximum atomic E-state index is 8.54. The van der Waals surface area contributed by atoms with E-state index in [0.717, 1.165) is 18.8 Å². The third kappa shape index (κ3) is 7.17. The maximum Gasteiger partial charge on any atom is 0.0638 e. The number of rotatable bonds is 8. The molecule has 0 fully saturated rings. The zero-order valence-electron chi connectivity index (χ0n) is 9.30. The van der Waals surface area contributed by atoms with Crippen molar-refractivity contribution in [2.75, 3.05) is 19.5 Å². The summed E-state index contributed by atoms with van der Waals surface area (Å²) < 4.78 is 0. The molecule has 0 amide bonds. The Kier molecular flexibility index (Phi) is 9.13. The first-order valence-corrected chi connectivity index (χ1v) is 5.89. The van der Waals surface area contributed by atoms with Gasteiger partial charge in [-0.2, -0.15) is 5.26 Å². The predicted molar refractivity (Wildman–Crippen MR) is 61.5 cm³/mol. The normalized spacial score (nSPS) is 12.8. The number of nitriles is 1. The molecule has 0 bridgehead atoms. The molecule has 2 nitrogen and oxygen atoms in total. The van der Waals surface area contributed by atoms with E-state index in [1.54, 1.807) is 0 Å². The molecule has 0 radical (unpaired) electrons. The minimum Gasteiger partial charge on any atom is -0.303 e. The molecular weight excluding hydrogens is 196 g/mol. The number of unbranched alkanes of at least 4 members (excludes halogenated alkanes) is 3. The van der Waals surface area contributed by atoms with Crippen molar-refractivity contribution in [1.82, 2.24) is 4.90 Å². The monoisotopic (exact) mass is 216 g/mol. The number of nitrogens with zero attached hydrogens (tertiary/aromatic N) is 2. The van der Waals surface area contributed by atoms with E-state index in [2.05, 4.69) is 24.9 Å². The van der Waals surface area contributed by atoms with E-state index in [1.807, 2.05) is 0 Å². The van der Waals surface area contributed by atoms with Gasteiger partial charge in [-0.1, -0.05) is 12.8 Å². The zero-order valence-corrected chi connectivity index (χ0v) is 10.1. The highest BCUT2D eigenvalue weighted by Crippen LogP contribution is 2.05. The van der Waals surface area contributed by atoms with Crippen molar-refractivity contribution in [3.63, 3.8) is 0 Å². The third-order valence-electron chi connectivity index (χ3n) is 2.53. The molecule has 0 aliphatic heterocycles. The molecule has 14 heavy (non-hydrogen) atoms. The van der Waals surface area contributed by atoms with Crippen LogP contribution in [0.15, 0.2) is 0 Å². The summed E-state index contributed by atoms with van der Waals surface area (Å²) in [6, 6.07) is 2.58. The second-order valence-corrected chi connectivity index (χ2v) is 4.17. The van der Waals surface area contributed by atoms with Crippen LogP contribution < -0.4 is 0 Å². The van der Waals surface area contributed by atoms with Crippen molar-refractivity contribution in [3.8, 4) is 6.07 Å². The molecule has 0 aromatic heterocycles. The molecule has 1 unspecified atom stereocenters. The lowest BCUT2D eigenvalue weighted by atomic mass is 10.1. The first-order valence-electron chi connectivity index (χ1n) is 5.35. The molecule has 0 rings (SSSR count). The third-order valence-corrected chi connectivity index (χ3v) is 2.80. The molecule has 82 valence electrons. The van der Waals surface area contributed by atoms with Crippen molar-refractivity contribution in [2.24, 2.45) is 0 Å². The highest BCUT2D eigenvalue weighted by molar-refractivity contribution is 6.17. The van der Waals surface area contributed by atoms with Crippen molar-refractivity contribution < 1.29 is 0 Å². The summed E-state index contributed by atoms with van der Waals surface area (Å²) in [7, 11) is 2.09. The molecule has 3 heteroatoms. The van der Waals surface area contributed by atoms with Gasteiger partial charge in [-0.25, -0.2) is 0 Å². The van der Waals surface area contributed by atoms with E-state index in [1.165, 1.54) is 19.3 Å². The largest absolute Gasteiger partial charge is 0.303 e. The fourth-order valence-electron chi connectivity index (χ4n) is 1.32. The number of halogens is 1. The lowest BCUT2D eigenvalue weighted by molar-refractivity contribution is 0.255. The van der Waals surface area contributed by atoms with E-state index in [4.69, 9.17) is 16.9 Å². The Morgan fingerprint density at radius 2 is 1.93 bits per heavy atom. The summed E-state index contributed by atoms with van der Waals surface area (Å²) in [5.74, 6) is 0.778. The summed E-state index contributed by atoms with van der Waals surface area (Å²) in [6.45, 7) is 3.19. The molecule has 0 saturated heterocycles. The maximum absolute atomic E-state index is 8.54. The quantitative estimate of drug-likeness (QED) is 0.461. The van der Waals surface area contributed by atoms with E-state index in [-0.39, 0.29) is 0 Å². The SMILES string of the molecule is CC(CC#N)N(C)CCCCCCCl. The minimum atomic E-state index is 0.382. The van der Waals surface area contributed by atoms with Crippen LogP contribution in [0.4, 0.5) is 0 Å². The van der Waals surface area contributed by atoms with Crippen molar-refractivity contribution in [3.05, 3.63) is 0 Å². The van der Waals surface area contributed by atoms with Gasteiger partial charge in [0, 0.05) is 11.9 Å². The van der Waals surface area contributed by atoms with Crippen molar-refractivity contribution in [2.45, 2.75) is 45.1 Å². The number of alkyl halides is 1. The summed E-state index contributed by atoms with van der Waals surface area (Å²) in [6.07, 6.45) is 5.43. The van der Waals surface area contributed by atoms with Crippen LogP contribution in [-0.2, 0) is 0 Å². The van der Waals surface area contributed by atoms with Crippen LogP contribution in [0.2, 0.25) is 0 Å². The van der Waals surface area contributed by atoms with Gasteiger partial charge in [0.05, 0.1) is 12.5 Å². The molecule has 0 heterocycles. The lowest BCUT2D eigenvalue weighted by Gasteiger charge is -2.22. The summed E-state index contributed by atoms with van der Waals surface area (Å²) in [5.41, 5.74) is 0. The molecule has 1 atom stereocenters. The van der Waals surface area contributed by atoms with Crippen LogP contribution in [0, 0.1) is 11.3 Å². The molecule has 0 N–H and O–H groups in total. The molecule has 0 aliphatic rings. The van der Waals surface area contributed by atoms with E-state index >= 15 is 0 Å². The molecule has 0 aromatic carbocycles. The van der Waals surface area contributed by atoms with Gasteiger partial charge in [-0.3, -0.25) is 0 Å². The summed E-state index contributed by atoms with van der Waals surface area (Å²) in [5, 5.41) is 8.54. The van der Waals surface area contributed by atoms with E-state index in [0.29, 0.717) is 12.5 Å². The highest BCUT2D eigenvalue weighted by Gasteiger charge is 2.07. The van der Waals surface area contributed by atoms with Crippen LogP contribution in [0.25, 0.3) is 0 Å². The van der Waals surface area contributed by atoms with Gasteiger partial charge in [-0.05, 0) is 33.4 Å². The van der Waals surface area contributed by atoms with Gasteiger partial charge in [-0.15, -0.1) is 11.6 Å². The number of hydrogen-bond acceptors (Lipinski definition) is 2. The number of hydrogen-bond donors (Lipinski definition) is 0. The van der Waals surface area contributed by atoms with Crippen LogP contribution in [-0.4, -0.2) is 30.4 Å². The second-order valence-electron chi connectivity index (χ2n) is 3.80. The molecule has 0 spiro atoms. The standard InChI is InChI=1S/C11H21ClN2/c1-11(7-9-13)14(2)10-6-4-3-5-8-12/h11H,3-8,10H2,1-2H3. The Balaban J connectivity index is 3.35. The molecular formula is C11H21ClN2. The Morgan fingerprint density at radius 1 is 1.29 bits per heavy atom. The topological polar surface area (TPSA) is 27.0 Å². The fraction of sp³-hybridized carbons (Fsp3) is 0.909. The lowest BCUT2D eigenvalue weighted by Crippen LogP contribution is -2.29. The van der Waals surface area contributed by atoms with Crippen molar-refractivity contribution in [1.29, 1.82) is 5.26 Å². The Hall–Kier alpha value is -0.260.